The van der Waals surface area contributed by atoms with Gasteiger partial charge < -0.3 is 9.72 Å². The van der Waals surface area contributed by atoms with Crippen LogP contribution >= 0.6 is 11.6 Å². The molecule has 2 aromatic heterocycles. The fraction of sp³-hybridized carbons (Fsp3) is 0.0909. The van der Waals surface area contributed by atoms with Gasteiger partial charge in [-0.05, 0) is 42.5 Å². The molecule has 0 aliphatic rings. The number of nitrogens with one attached hydrogen (secondary N) is 2. The van der Waals surface area contributed by atoms with Crippen molar-refractivity contribution in [2.24, 2.45) is 0 Å². The first-order chi connectivity index (χ1) is 16.1. The predicted octanol–water partition coefficient (Wildman–Crippen LogP) is 5.22. The van der Waals surface area contributed by atoms with Crippen LogP contribution in [0.4, 0.5) is 18.9 Å². The van der Waals surface area contributed by atoms with E-state index in [1.807, 2.05) is 4.72 Å². The monoisotopic (exact) mass is 509 g/mol. The van der Waals surface area contributed by atoms with Crippen LogP contribution in [0.25, 0.3) is 11.0 Å². The second kappa shape index (κ2) is 8.99. The number of alkyl halides is 1. The number of aromatic nitrogens is 2. The number of hydrogen-bond acceptors (Lipinski definition) is 5. The molecule has 0 radical (unpaired) electrons. The lowest BCUT2D eigenvalue weighted by atomic mass is 10.0. The summed E-state index contributed by atoms with van der Waals surface area (Å²) in [5.41, 5.74) is -1.42. The highest BCUT2D eigenvalue weighted by molar-refractivity contribution is 7.92. The minimum Gasteiger partial charge on any atom is -0.461 e. The molecule has 7 nitrogen and oxygen atoms in total. The van der Waals surface area contributed by atoms with E-state index in [1.54, 1.807) is 0 Å². The van der Waals surface area contributed by atoms with Gasteiger partial charge >= 0.3 is 0 Å². The third-order valence-electron chi connectivity index (χ3n) is 4.74. The molecule has 0 fully saturated rings. The number of anilines is 1. The van der Waals surface area contributed by atoms with Crippen molar-refractivity contribution in [1.29, 1.82) is 0 Å². The summed E-state index contributed by atoms with van der Waals surface area (Å²) in [4.78, 5) is 19.4. The number of ether oxygens (including phenoxy) is 1. The Morgan fingerprint density at radius 2 is 1.88 bits per heavy atom. The molecule has 0 saturated heterocycles. The maximum absolute atomic E-state index is 15.2. The van der Waals surface area contributed by atoms with Crippen LogP contribution in [-0.2, 0) is 10.0 Å². The van der Waals surface area contributed by atoms with Crippen LogP contribution in [0.15, 0.2) is 59.8 Å². The van der Waals surface area contributed by atoms with Crippen molar-refractivity contribution in [3.05, 3.63) is 82.6 Å². The van der Waals surface area contributed by atoms with Gasteiger partial charge in [0.1, 0.15) is 17.2 Å². The molecule has 34 heavy (non-hydrogen) atoms. The molecular formula is C22H15ClF3N3O4S. The number of sulfonamides is 1. The topological polar surface area (TPSA) is 101 Å². The molecule has 2 heterocycles. The maximum Gasteiger partial charge on any atom is 0.261 e. The lowest BCUT2D eigenvalue weighted by Crippen LogP contribution is -2.16. The first-order valence-electron chi connectivity index (χ1n) is 9.66. The predicted molar refractivity (Wildman–Crippen MR) is 119 cm³/mol. The van der Waals surface area contributed by atoms with Gasteiger partial charge in [0.15, 0.2) is 5.82 Å². The van der Waals surface area contributed by atoms with Gasteiger partial charge in [-0.1, -0.05) is 11.6 Å². The van der Waals surface area contributed by atoms with Crippen molar-refractivity contribution < 1.29 is 31.1 Å². The molecule has 0 amide bonds. The van der Waals surface area contributed by atoms with E-state index in [0.717, 1.165) is 31.2 Å². The Balaban J connectivity index is 1.68. The molecule has 1 unspecified atom stereocenters. The molecule has 4 rings (SSSR count). The van der Waals surface area contributed by atoms with Crippen LogP contribution in [0.5, 0.6) is 5.75 Å². The van der Waals surface area contributed by atoms with E-state index in [0.29, 0.717) is 0 Å². The van der Waals surface area contributed by atoms with Crippen molar-refractivity contribution >= 4 is 44.1 Å². The first kappa shape index (κ1) is 23.6. The van der Waals surface area contributed by atoms with Crippen molar-refractivity contribution in [2.75, 3.05) is 4.72 Å². The molecule has 1 atom stereocenters. The van der Waals surface area contributed by atoms with Gasteiger partial charge in [-0.25, -0.2) is 26.6 Å². The average Bonchev–Trinajstić information content (AvgIpc) is 3.18. The summed E-state index contributed by atoms with van der Waals surface area (Å²) in [7, 11) is -4.34. The van der Waals surface area contributed by atoms with E-state index in [4.69, 9.17) is 16.3 Å². The van der Waals surface area contributed by atoms with Crippen LogP contribution < -0.4 is 9.46 Å². The summed E-state index contributed by atoms with van der Waals surface area (Å²) in [5.74, 6) is -3.53. The van der Waals surface area contributed by atoms with Crippen LogP contribution in [0.1, 0.15) is 22.8 Å². The number of nitrogens with zero attached hydrogens (tertiary/aromatic N) is 1. The Morgan fingerprint density at radius 1 is 1.18 bits per heavy atom. The summed E-state index contributed by atoms with van der Waals surface area (Å²) in [5, 5.41) is 0.452. The molecule has 0 aliphatic heterocycles. The third-order valence-corrected chi connectivity index (χ3v) is 6.33. The number of carbonyl (C=O) groups excluding carboxylic acids is 1. The fourth-order valence-corrected chi connectivity index (χ4v) is 4.45. The highest BCUT2D eigenvalue weighted by Gasteiger charge is 2.26. The number of rotatable bonds is 7. The normalized spacial score (nSPS) is 12.5. The lowest BCUT2D eigenvalue weighted by molar-refractivity contribution is 0.0860. The SMILES string of the molecule is CC(F)Oc1ccc(S(=O)(=O)Nc2ccc(F)c(C(=O)c3c[nH]c4ncc(Cl)cc34)c2F)cc1. The van der Waals surface area contributed by atoms with E-state index in [9.17, 15) is 22.0 Å². The summed E-state index contributed by atoms with van der Waals surface area (Å²) >= 11 is 5.91. The smallest absolute Gasteiger partial charge is 0.261 e. The molecule has 2 aromatic carbocycles. The first-order valence-corrected chi connectivity index (χ1v) is 11.5. The van der Waals surface area contributed by atoms with Crippen molar-refractivity contribution in [1.82, 2.24) is 9.97 Å². The van der Waals surface area contributed by atoms with Gasteiger partial charge in [0.25, 0.3) is 10.0 Å². The second-order valence-electron chi connectivity index (χ2n) is 7.10. The third kappa shape index (κ3) is 4.57. The molecule has 2 N–H and O–H groups in total. The largest absolute Gasteiger partial charge is 0.461 e. The zero-order valence-electron chi connectivity index (χ0n) is 17.3. The second-order valence-corrected chi connectivity index (χ2v) is 9.22. The van der Waals surface area contributed by atoms with E-state index in [-0.39, 0.29) is 32.3 Å². The van der Waals surface area contributed by atoms with Gasteiger partial charge in [0.2, 0.25) is 12.1 Å². The van der Waals surface area contributed by atoms with Gasteiger partial charge in [-0.3, -0.25) is 9.52 Å². The van der Waals surface area contributed by atoms with Crippen LogP contribution in [0.3, 0.4) is 0 Å². The lowest BCUT2D eigenvalue weighted by Gasteiger charge is -2.12. The van der Waals surface area contributed by atoms with Crippen molar-refractivity contribution in [2.45, 2.75) is 18.2 Å². The molecule has 176 valence electrons. The number of benzene rings is 2. The van der Waals surface area contributed by atoms with Gasteiger partial charge in [0.05, 0.1) is 21.2 Å². The molecule has 12 heteroatoms. The molecule has 4 aromatic rings. The van der Waals surface area contributed by atoms with Gasteiger partial charge in [0, 0.05) is 30.3 Å². The molecule has 0 saturated carbocycles. The van der Waals surface area contributed by atoms with Crippen LogP contribution in [0.2, 0.25) is 5.02 Å². The zero-order chi connectivity index (χ0) is 24.6. The Hall–Kier alpha value is -3.57. The number of hydrogen-bond donors (Lipinski definition) is 2. The average molecular weight is 510 g/mol. The van der Waals surface area contributed by atoms with E-state index < -0.39 is 45.0 Å². The van der Waals surface area contributed by atoms with Gasteiger partial charge in [-0.15, -0.1) is 0 Å². The van der Waals surface area contributed by atoms with Crippen molar-refractivity contribution in [3.63, 3.8) is 0 Å². The highest BCUT2D eigenvalue weighted by atomic mass is 35.5. The molecule has 0 spiro atoms. The Kier molecular flexibility index (Phi) is 6.24. The summed E-state index contributed by atoms with van der Waals surface area (Å²) in [6.45, 7) is 1.16. The molecule has 0 aliphatic carbocycles. The van der Waals surface area contributed by atoms with Crippen LogP contribution in [0, 0.1) is 11.6 Å². The minimum atomic E-state index is -4.34. The maximum atomic E-state index is 15.2. The summed E-state index contributed by atoms with van der Waals surface area (Å²) in [6, 6.07) is 7.72. The number of pyridine rings is 1. The van der Waals surface area contributed by atoms with E-state index in [2.05, 4.69) is 9.97 Å². The Labute approximate surface area is 196 Å². The molecular weight excluding hydrogens is 495 g/mol. The van der Waals surface area contributed by atoms with E-state index >= 15 is 4.39 Å². The minimum absolute atomic E-state index is 0.0862. The fourth-order valence-electron chi connectivity index (χ4n) is 3.23. The molecule has 0 bridgehead atoms. The quantitative estimate of drug-likeness (QED) is 0.333. The number of carbonyl (C=O) groups is 1. The summed E-state index contributed by atoms with van der Waals surface area (Å²) < 4.78 is 74.9. The Morgan fingerprint density at radius 3 is 2.56 bits per heavy atom. The highest BCUT2D eigenvalue weighted by Crippen LogP contribution is 2.29. The Bertz CT molecular complexity index is 1510. The zero-order valence-corrected chi connectivity index (χ0v) is 18.8. The van der Waals surface area contributed by atoms with Crippen molar-refractivity contribution in [3.8, 4) is 5.75 Å². The summed E-state index contributed by atoms with van der Waals surface area (Å²) in [6.07, 6.45) is 0.963. The number of aromatic amines is 1. The number of H-pyrrole nitrogens is 1. The number of halogens is 4. The number of ketones is 1. The number of fused-ring (bicyclic) bond motifs is 1. The van der Waals surface area contributed by atoms with Gasteiger partial charge in [-0.2, -0.15) is 0 Å². The van der Waals surface area contributed by atoms with Crippen LogP contribution in [-0.4, -0.2) is 30.5 Å². The van der Waals surface area contributed by atoms with E-state index in [1.165, 1.54) is 30.6 Å². The standard InChI is InChI=1S/C22H15ClF3N3O4S/c1-11(24)33-13-2-4-14(5-3-13)34(31,32)29-18-7-6-17(25)19(20(18)26)21(30)16-10-28-22-15(16)8-12(23)9-27-22/h2-11,29H,1H3,(H,27,28).